The Morgan fingerprint density at radius 3 is 2.35 bits per heavy atom. The zero-order chi connectivity index (χ0) is 14.0. The Labute approximate surface area is 120 Å². The normalized spacial score (nSPS) is 10.4. The number of hydrogen-bond donors (Lipinski definition) is 1. The summed E-state index contributed by atoms with van der Waals surface area (Å²) in [6, 6.07) is 17.7. The summed E-state index contributed by atoms with van der Waals surface area (Å²) in [5.41, 5.74) is 7.85. The molecule has 2 aromatic rings. The minimum Gasteiger partial charge on any atom is -0.494 e. The van der Waals surface area contributed by atoms with Gasteiger partial charge >= 0.3 is 0 Å². The Kier molecular flexibility index (Phi) is 5.93. The molecule has 0 atom stereocenters. The third-order valence-electron chi connectivity index (χ3n) is 3.02. The van der Waals surface area contributed by atoms with E-state index >= 15 is 0 Å². The van der Waals surface area contributed by atoms with Gasteiger partial charge in [-0.3, -0.25) is 0 Å². The fourth-order valence-electron chi connectivity index (χ4n) is 1.91. The molecule has 2 N–H and O–H groups in total. The molecule has 0 aromatic heterocycles. The van der Waals surface area contributed by atoms with Gasteiger partial charge in [-0.25, -0.2) is 0 Å². The lowest BCUT2D eigenvalue weighted by atomic mass is 10.1. The Balaban J connectivity index is 1.53. The molecule has 0 spiro atoms. The molecule has 0 radical (unpaired) electrons. The van der Waals surface area contributed by atoms with Crippen molar-refractivity contribution in [1.82, 2.24) is 0 Å². The highest BCUT2D eigenvalue weighted by atomic mass is 16.5. The van der Waals surface area contributed by atoms with E-state index in [1.807, 2.05) is 54.6 Å². The van der Waals surface area contributed by atoms with Gasteiger partial charge in [0, 0.05) is 18.7 Å². The first kappa shape index (κ1) is 14.4. The van der Waals surface area contributed by atoms with Gasteiger partial charge in [0.05, 0.1) is 13.2 Å². The lowest BCUT2D eigenvalue weighted by Gasteiger charge is -2.08. The zero-order valence-corrected chi connectivity index (χ0v) is 11.6. The van der Waals surface area contributed by atoms with Crippen LogP contribution in [0.2, 0.25) is 0 Å². The molecule has 0 fully saturated rings. The summed E-state index contributed by atoms with van der Waals surface area (Å²) in [5, 5.41) is 0. The summed E-state index contributed by atoms with van der Waals surface area (Å²) in [4.78, 5) is 0. The van der Waals surface area contributed by atoms with Crippen LogP contribution in [0.1, 0.15) is 12.0 Å². The standard InChI is InChI=1S/C17H21NO2/c18-17-10-5-4-7-15(17)11-14-19-12-6-13-20-16-8-2-1-3-9-16/h1-5,7-10H,6,11-14,18H2. The average molecular weight is 271 g/mol. The van der Waals surface area contributed by atoms with Gasteiger partial charge in [-0.05, 0) is 30.2 Å². The molecule has 0 saturated carbocycles. The van der Waals surface area contributed by atoms with Crippen LogP contribution < -0.4 is 10.5 Å². The number of rotatable bonds is 8. The molecule has 0 aliphatic carbocycles. The number of para-hydroxylation sites is 2. The summed E-state index contributed by atoms with van der Waals surface area (Å²) in [6.07, 6.45) is 1.74. The summed E-state index contributed by atoms with van der Waals surface area (Å²) in [6.45, 7) is 2.08. The molecule has 3 heteroatoms. The summed E-state index contributed by atoms with van der Waals surface area (Å²) < 4.78 is 11.2. The number of ether oxygens (including phenoxy) is 2. The highest BCUT2D eigenvalue weighted by Crippen LogP contribution is 2.11. The maximum Gasteiger partial charge on any atom is 0.119 e. The molecule has 0 bridgehead atoms. The lowest BCUT2D eigenvalue weighted by molar-refractivity contribution is 0.122. The van der Waals surface area contributed by atoms with E-state index in [-0.39, 0.29) is 0 Å². The number of hydrogen-bond acceptors (Lipinski definition) is 3. The minimum atomic E-state index is 0.678. The van der Waals surface area contributed by atoms with E-state index in [4.69, 9.17) is 15.2 Å². The van der Waals surface area contributed by atoms with Gasteiger partial charge in [-0.15, -0.1) is 0 Å². The molecule has 2 aromatic carbocycles. The molecule has 0 heterocycles. The molecule has 2 rings (SSSR count). The van der Waals surface area contributed by atoms with Gasteiger partial charge in [0.15, 0.2) is 0 Å². The van der Waals surface area contributed by atoms with E-state index < -0.39 is 0 Å². The molecule has 0 aliphatic heterocycles. The van der Waals surface area contributed by atoms with E-state index in [9.17, 15) is 0 Å². The van der Waals surface area contributed by atoms with Crippen molar-refractivity contribution in [3.63, 3.8) is 0 Å². The summed E-state index contributed by atoms with van der Waals surface area (Å²) in [7, 11) is 0. The second kappa shape index (κ2) is 8.23. The van der Waals surface area contributed by atoms with Crippen LogP contribution in [0.3, 0.4) is 0 Å². The molecule has 3 nitrogen and oxygen atoms in total. The van der Waals surface area contributed by atoms with E-state index in [1.54, 1.807) is 0 Å². The monoisotopic (exact) mass is 271 g/mol. The molecule has 0 amide bonds. The van der Waals surface area contributed by atoms with Crippen molar-refractivity contribution in [3.8, 4) is 5.75 Å². The van der Waals surface area contributed by atoms with Crippen LogP contribution in [0.15, 0.2) is 54.6 Å². The first-order valence-electron chi connectivity index (χ1n) is 6.95. The average Bonchev–Trinajstić information content (AvgIpc) is 2.49. The number of benzene rings is 2. The van der Waals surface area contributed by atoms with E-state index in [0.29, 0.717) is 19.8 Å². The van der Waals surface area contributed by atoms with Gasteiger partial charge in [0.1, 0.15) is 5.75 Å². The summed E-state index contributed by atoms with van der Waals surface area (Å²) in [5.74, 6) is 0.907. The van der Waals surface area contributed by atoms with Gasteiger partial charge in [-0.2, -0.15) is 0 Å². The molecule has 0 aliphatic rings. The Morgan fingerprint density at radius 2 is 1.55 bits per heavy atom. The van der Waals surface area contributed by atoms with Gasteiger partial charge < -0.3 is 15.2 Å². The van der Waals surface area contributed by atoms with E-state index in [1.165, 1.54) is 0 Å². The van der Waals surface area contributed by atoms with Crippen molar-refractivity contribution < 1.29 is 9.47 Å². The van der Waals surface area contributed by atoms with Crippen LogP contribution in [0, 0.1) is 0 Å². The van der Waals surface area contributed by atoms with Crippen molar-refractivity contribution in [2.45, 2.75) is 12.8 Å². The predicted octanol–water partition coefficient (Wildman–Crippen LogP) is 3.30. The molecule has 0 unspecified atom stereocenters. The van der Waals surface area contributed by atoms with E-state index in [0.717, 1.165) is 29.8 Å². The zero-order valence-electron chi connectivity index (χ0n) is 11.6. The topological polar surface area (TPSA) is 44.5 Å². The third-order valence-corrected chi connectivity index (χ3v) is 3.02. The van der Waals surface area contributed by atoms with Crippen molar-refractivity contribution in [2.75, 3.05) is 25.6 Å². The molecular weight excluding hydrogens is 250 g/mol. The smallest absolute Gasteiger partial charge is 0.119 e. The van der Waals surface area contributed by atoms with Crippen molar-refractivity contribution in [3.05, 3.63) is 60.2 Å². The number of nitrogen functional groups attached to an aromatic ring is 1. The van der Waals surface area contributed by atoms with Crippen LogP contribution in [0.4, 0.5) is 5.69 Å². The quantitative estimate of drug-likeness (QED) is 0.592. The molecule has 20 heavy (non-hydrogen) atoms. The number of nitrogens with two attached hydrogens (primary N) is 1. The molecule has 0 saturated heterocycles. The SMILES string of the molecule is Nc1ccccc1CCOCCCOc1ccccc1. The van der Waals surface area contributed by atoms with Crippen molar-refractivity contribution in [2.24, 2.45) is 0 Å². The number of anilines is 1. The minimum absolute atomic E-state index is 0.678. The fourth-order valence-corrected chi connectivity index (χ4v) is 1.91. The second-order valence-electron chi connectivity index (χ2n) is 4.58. The Hall–Kier alpha value is -2.00. The van der Waals surface area contributed by atoms with Crippen molar-refractivity contribution in [1.29, 1.82) is 0 Å². The Bertz CT molecular complexity index is 499. The van der Waals surface area contributed by atoms with Gasteiger partial charge in [0.25, 0.3) is 0 Å². The van der Waals surface area contributed by atoms with Gasteiger partial charge in [0.2, 0.25) is 0 Å². The van der Waals surface area contributed by atoms with Crippen LogP contribution in [0.25, 0.3) is 0 Å². The van der Waals surface area contributed by atoms with Crippen LogP contribution >= 0.6 is 0 Å². The second-order valence-corrected chi connectivity index (χ2v) is 4.58. The van der Waals surface area contributed by atoms with Crippen molar-refractivity contribution >= 4 is 5.69 Å². The van der Waals surface area contributed by atoms with Crippen LogP contribution in [-0.4, -0.2) is 19.8 Å². The molecular formula is C17H21NO2. The maximum absolute atomic E-state index is 5.87. The van der Waals surface area contributed by atoms with Gasteiger partial charge in [-0.1, -0.05) is 36.4 Å². The molecule has 106 valence electrons. The fraction of sp³-hybridized carbons (Fsp3) is 0.294. The third kappa shape index (κ3) is 4.94. The van der Waals surface area contributed by atoms with Crippen LogP contribution in [0.5, 0.6) is 5.75 Å². The van der Waals surface area contributed by atoms with Crippen LogP contribution in [-0.2, 0) is 11.2 Å². The highest BCUT2D eigenvalue weighted by molar-refractivity contribution is 5.46. The highest BCUT2D eigenvalue weighted by Gasteiger charge is 1.98. The lowest BCUT2D eigenvalue weighted by Crippen LogP contribution is -2.06. The predicted molar refractivity (Wildman–Crippen MR) is 81.9 cm³/mol. The maximum atomic E-state index is 5.87. The first-order chi connectivity index (χ1) is 9.86. The summed E-state index contributed by atoms with van der Waals surface area (Å²) >= 11 is 0. The van der Waals surface area contributed by atoms with E-state index in [2.05, 4.69) is 0 Å². The first-order valence-corrected chi connectivity index (χ1v) is 6.95. The Morgan fingerprint density at radius 1 is 0.800 bits per heavy atom. The largest absolute Gasteiger partial charge is 0.494 e.